The summed E-state index contributed by atoms with van der Waals surface area (Å²) in [7, 11) is 0.866. The van der Waals surface area contributed by atoms with Crippen molar-refractivity contribution >= 4 is 78.5 Å². The molecule has 135 heavy (non-hydrogen) atoms. The highest BCUT2D eigenvalue weighted by Crippen LogP contribution is 2.34. The van der Waals surface area contributed by atoms with Crippen LogP contribution < -0.4 is 21.7 Å². The highest BCUT2D eigenvalue weighted by Gasteiger charge is 2.45. The highest BCUT2D eigenvalue weighted by atomic mass is 32.2. The summed E-state index contributed by atoms with van der Waals surface area (Å²) in [5.74, 6) is -12.7. The standard InChI is InChI=1S/C95H163N7O31S2/c1-17-71(8)88(84(119-15)64-85(106)102-32-22-26-80(102)90(120-16)73(10)81(103)61-72(9)89(107)75-23-19-18-20-24-75)100(11)93(110)79(68(2)3)63-83(105)87(70(6)7)101(12)95(112)133-65-74-27-29-78(30-28-74)98-91(108)76(25-21-31-97-94(96)111)62-82(104)86(69(4)5)99-92(109)77(66-134(113,114)59-57-131-55-53-129-51-49-127-47-45-125-43-41-123-39-37-121-35-33-117-13)67-135(115,116)60-58-132-56-54-130-52-50-128-48-46-126-44-42-124-40-38-122-36-34-118-14/h18-20,23-24,27-30,68-73,76-77,79-80,84,86-90,107H,17,21-22,25-26,31-67H2,1-16H3,(H,98,108)(H,99,109)(H3,96,97,111)/t71-,72-,73-,76+,79-,80-,84+,86-,87-,88+,89+,90+/m0/s1. The fraction of sp³-hybridized carbons (Fsp3) is 0.779. The molecule has 0 aliphatic carbocycles. The van der Waals surface area contributed by atoms with Crippen LogP contribution >= 0.6 is 0 Å². The minimum Gasteiger partial charge on any atom is -0.445 e. The van der Waals surface area contributed by atoms with Crippen molar-refractivity contribution in [1.82, 2.24) is 25.3 Å². The Kier molecular flexibility index (Phi) is 64.0. The Labute approximate surface area is 801 Å². The lowest BCUT2D eigenvalue weighted by Gasteiger charge is -2.41. The van der Waals surface area contributed by atoms with E-state index in [1.165, 1.54) is 26.2 Å². The number of anilines is 1. The molecule has 2 aromatic rings. The van der Waals surface area contributed by atoms with E-state index in [-0.39, 0.29) is 158 Å². The molecule has 6 N–H and O–H groups in total. The van der Waals surface area contributed by atoms with E-state index < -0.39 is 157 Å². The van der Waals surface area contributed by atoms with Crippen LogP contribution in [0.2, 0.25) is 0 Å². The van der Waals surface area contributed by atoms with Crippen molar-refractivity contribution in [2.75, 3.05) is 256 Å². The number of hydrogen-bond acceptors (Lipinski definition) is 31. The van der Waals surface area contributed by atoms with E-state index >= 15 is 4.79 Å². The zero-order valence-electron chi connectivity index (χ0n) is 83.1. The smallest absolute Gasteiger partial charge is 0.410 e. The molecule has 2 aromatic carbocycles. The summed E-state index contributed by atoms with van der Waals surface area (Å²) in [6.07, 6.45) is -1.69. The topological polar surface area (TPSA) is 471 Å². The van der Waals surface area contributed by atoms with Crippen LogP contribution in [0.15, 0.2) is 54.6 Å². The van der Waals surface area contributed by atoms with Crippen LogP contribution in [0.5, 0.6) is 0 Å². The van der Waals surface area contributed by atoms with Crippen molar-refractivity contribution in [1.29, 1.82) is 0 Å². The summed E-state index contributed by atoms with van der Waals surface area (Å²) >= 11 is 0. The second kappa shape index (κ2) is 70.7. The van der Waals surface area contributed by atoms with Gasteiger partial charge in [0.1, 0.15) is 12.4 Å². The van der Waals surface area contributed by atoms with E-state index in [2.05, 4.69) is 16.0 Å². The molecule has 12 atom stereocenters. The summed E-state index contributed by atoms with van der Waals surface area (Å²) in [5, 5.41) is 19.0. The number of hydrogen-bond donors (Lipinski definition) is 5. The first-order valence-electron chi connectivity index (χ1n) is 47.4. The number of likely N-dealkylation sites (tertiary alicyclic amines) is 1. The lowest BCUT2D eigenvalue weighted by Crippen LogP contribution is -2.54. The third kappa shape index (κ3) is 50.2. The molecule has 0 bridgehead atoms. The minimum atomic E-state index is -4.24. The van der Waals surface area contributed by atoms with Gasteiger partial charge in [0, 0.05) is 98.3 Å². The Morgan fingerprint density at radius 1 is 0.511 bits per heavy atom. The number of ketones is 3. The van der Waals surface area contributed by atoms with E-state index in [4.69, 9.17) is 86.3 Å². The fourth-order valence-corrected chi connectivity index (χ4v) is 18.6. The quantitative estimate of drug-likeness (QED) is 0.0425. The average Bonchev–Trinajstić information content (AvgIpc) is 1.55. The van der Waals surface area contributed by atoms with Gasteiger partial charge in [-0.15, -0.1) is 0 Å². The maximum absolute atomic E-state index is 15.0. The molecule has 38 nitrogen and oxygen atoms in total. The number of carbonyl (C=O) groups excluding carboxylic acids is 9. The first-order valence-corrected chi connectivity index (χ1v) is 51.0. The van der Waals surface area contributed by atoms with Gasteiger partial charge in [0.25, 0.3) is 0 Å². The van der Waals surface area contributed by atoms with Crippen LogP contribution in [-0.2, 0) is 140 Å². The highest BCUT2D eigenvalue weighted by molar-refractivity contribution is 7.92. The Hall–Kier alpha value is -6.91. The van der Waals surface area contributed by atoms with Crippen LogP contribution in [0.1, 0.15) is 144 Å². The third-order valence-corrected chi connectivity index (χ3v) is 26.8. The van der Waals surface area contributed by atoms with Crippen LogP contribution in [0.4, 0.5) is 15.3 Å². The summed E-state index contributed by atoms with van der Waals surface area (Å²) in [6, 6.07) is 11.2. The molecule has 1 heterocycles. The predicted octanol–water partition coefficient (Wildman–Crippen LogP) is 6.80. The fourth-order valence-electron chi connectivity index (χ4n) is 15.6. The number of ether oxygens (including phenoxy) is 17. The third-order valence-electron chi connectivity index (χ3n) is 23.4. The van der Waals surface area contributed by atoms with Gasteiger partial charge in [-0.2, -0.15) is 0 Å². The molecule has 0 saturated carbocycles. The van der Waals surface area contributed by atoms with Crippen LogP contribution in [0.3, 0.4) is 0 Å². The number of urea groups is 1. The van der Waals surface area contributed by atoms with Gasteiger partial charge in [-0.05, 0) is 78.5 Å². The summed E-state index contributed by atoms with van der Waals surface area (Å²) in [4.78, 5) is 132. The Bertz CT molecular complexity index is 3780. The number of Topliss-reactive ketones (excluding diaryl/α,β-unsaturated/α-hetero) is 3. The van der Waals surface area contributed by atoms with Gasteiger partial charge in [-0.25, -0.2) is 26.4 Å². The molecule has 1 fully saturated rings. The molecule has 0 radical (unpaired) electrons. The van der Waals surface area contributed by atoms with Crippen LogP contribution in [0, 0.1) is 53.3 Å². The van der Waals surface area contributed by atoms with E-state index in [0.29, 0.717) is 137 Å². The summed E-state index contributed by atoms with van der Waals surface area (Å²) in [5.41, 5.74) is 6.82. The number of nitrogens with two attached hydrogens (primary N) is 1. The van der Waals surface area contributed by atoms with Gasteiger partial charge < -0.3 is 122 Å². The molecule has 776 valence electrons. The van der Waals surface area contributed by atoms with Crippen molar-refractivity contribution in [3.8, 4) is 0 Å². The molecule has 0 unspecified atom stereocenters. The number of nitrogens with zero attached hydrogens (tertiary/aromatic N) is 3. The lowest BCUT2D eigenvalue weighted by molar-refractivity contribution is -0.149. The molecule has 40 heteroatoms. The van der Waals surface area contributed by atoms with Gasteiger partial charge in [-0.3, -0.25) is 33.6 Å². The first-order chi connectivity index (χ1) is 64.5. The second-order valence-corrected chi connectivity index (χ2v) is 39.4. The van der Waals surface area contributed by atoms with Crippen molar-refractivity contribution in [2.45, 2.75) is 176 Å². The van der Waals surface area contributed by atoms with E-state index in [1.807, 2.05) is 65.0 Å². The van der Waals surface area contributed by atoms with Crippen LogP contribution in [-0.4, -0.2) is 377 Å². The number of sulfone groups is 2. The predicted molar refractivity (Wildman–Crippen MR) is 507 cm³/mol. The number of amides is 7. The number of nitrogens with one attached hydrogen (secondary N) is 3. The van der Waals surface area contributed by atoms with E-state index in [9.17, 15) is 60.3 Å². The molecule has 3 rings (SSSR count). The Morgan fingerprint density at radius 2 is 0.970 bits per heavy atom. The number of benzene rings is 2. The maximum Gasteiger partial charge on any atom is 0.410 e. The molecular formula is C95H163N7O31S2. The van der Waals surface area contributed by atoms with Gasteiger partial charge in [0.15, 0.2) is 31.2 Å². The monoisotopic (exact) mass is 1960 g/mol. The summed E-state index contributed by atoms with van der Waals surface area (Å²) in [6.45, 7) is 25.4. The Morgan fingerprint density at radius 3 is 1.39 bits per heavy atom. The van der Waals surface area contributed by atoms with Gasteiger partial charge in [-0.1, -0.05) is 118 Å². The molecule has 7 amide bonds. The van der Waals surface area contributed by atoms with Gasteiger partial charge in [0.2, 0.25) is 23.6 Å². The molecule has 0 spiro atoms. The largest absolute Gasteiger partial charge is 0.445 e. The number of rotatable bonds is 82. The average molecular weight is 1960 g/mol. The lowest BCUT2D eigenvalue weighted by atomic mass is 9.83. The summed E-state index contributed by atoms with van der Waals surface area (Å²) < 4.78 is 149. The Balaban J connectivity index is 1.71. The maximum atomic E-state index is 15.0. The number of carbonyl (C=O) groups is 9. The number of methoxy groups -OCH3 is 4. The molecular weight excluding hydrogens is 1800 g/mol. The zero-order chi connectivity index (χ0) is 100. The first kappa shape index (κ1) is 122. The van der Waals surface area contributed by atoms with Crippen molar-refractivity contribution in [3.63, 3.8) is 0 Å². The second-order valence-electron chi connectivity index (χ2n) is 34.9. The van der Waals surface area contributed by atoms with Gasteiger partial charge in [0.05, 0.1) is 250 Å². The number of likely N-dealkylation sites (N-methyl/N-ethyl adjacent to an activating group) is 2. The van der Waals surface area contributed by atoms with E-state index in [1.54, 1.807) is 90.0 Å². The van der Waals surface area contributed by atoms with Crippen molar-refractivity contribution < 1.29 is 146 Å². The molecule has 0 aromatic heterocycles. The van der Waals surface area contributed by atoms with Crippen molar-refractivity contribution in [3.05, 3.63) is 65.7 Å². The van der Waals surface area contributed by atoms with E-state index in [0.717, 1.165) is 5.56 Å². The molecule has 1 aliphatic heterocycles. The van der Waals surface area contributed by atoms with Crippen molar-refractivity contribution in [2.24, 2.45) is 59.0 Å². The molecule has 1 saturated heterocycles. The normalized spacial score (nSPS) is 15.6. The van der Waals surface area contributed by atoms with Crippen LogP contribution in [0.25, 0.3) is 0 Å². The number of primary amides is 1. The van der Waals surface area contributed by atoms with Gasteiger partial charge >= 0.3 is 12.1 Å². The minimum absolute atomic E-state index is 0.00148. The molecule has 1 aliphatic rings. The number of aliphatic hydroxyl groups is 1. The SMILES string of the molecule is CC[C@H](C)[C@H]([C@@H](CC(=O)N1CCC[C@H]1[C@H](OC)[C@@H](C)C(=O)C[C@H](C)[C@@H](O)c1ccccc1)OC)N(C)C(=O)[C@@H](CC(=O)[C@H](C(C)C)N(C)C(=O)OCc1ccc(NC(=O)[C@H](CCCNC(N)=O)CC(=O)[C@@H](NC(=O)C(CS(=O)(=O)CCOCCOCCOCCOCCOCCOCCOC)CS(=O)(=O)CCOCCOCCOCCOCCOCCOCCOC)C(C)C)cc1)C(C)C. The number of aliphatic hydroxyl groups excluding tert-OH is 1. The zero-order valence-corrected chi connectivity index (χ0v) is 84.7.